The molecule has 10 heteroatoms. The molecule has 2 saturated heterocycles. The van der Waals surface area contributed by atoms with Crippen LogP contribution in [0.25, 0.3) is 0 Å². The molecule has 10 nitrogen and oxygen atoms in total. The predicted molar refractivity (Wildman–Crippen MR) is 126 cm³/mol. The molecule has 1 saturated carbocycles. The van der Waals surface area contributed by atoms with Gasteiger partial charge in [-0.05, 0) is 50.0 Å². The van der Waals surface area contributed by atoms with Gasteiger partial charge in [0.05, 0.1) is 12.5 Å². The third-order valence-corrected chi connectivity index (χ3v) is 7.16. The summed E-state index contributed by atoms with van der Waals surface area (Å²) in [4.78, 5) is 52.9. The number of hydrogen-bond acceptors (Lipinski definition) is 7. The summed E-state index contributed by atoms with van der Waals surface area (Å²) in [5, 5.41) is 2.97. The lowest BCUT2D eigenvalue weighted by Crippen LogP contribution is -2.49. The number of likely N-dealkylation sites (tertiary alicyclic amines) is 1. The average molecular weight is 487 g/mol. The molecule has 3 fully saturated rings. The van der Waals surface area contributed by atoms with Gasteiger partial charge in [-0.1, -0.05) is 30.3 Å². The number of rotatable bonds is 7. The summed E-state index contributed by atoms with van der Waals surface area (Å²) in [6, 6.07) is 7.64. The topological polar surface area (TPSA) is 131 Å². The van der Waals surface area contributed by atoms with E-state index in [0.29, 0.717) is 0 Å². The van der Waals surface area contributed by atoms with Crippen molar-refractivity contribution in [2.24, 2.45) is 11.7 Å². The van der Waals surface area contributed by atoms with E-state index in [1.807, 2.05) is 35.2 Å². The van der Waals surface area contributed by atoms with Crippen molar-refractivity contribution in [3.05, 3.63) is 35.9 Å². The van der Waals surface area contributed by atoms with E-state index in [9.17, 15) is 19.2 Å². The Balaban J connectivity index is 1.22. The number of carbonyl (C=O) groups excluding carboxylic acids is 4. The minimum atomic E-state index is -1.01. The fourth-order valence-electron chi connectivity index (χ4n) is 5.06. The summed E-state index contributed by atoms with van der Waals surface area (Å²) in [5.41, 5.74) is 7.09. The highest BCUT2D eigenvalue weighted by molar-refractivity contribution is 5.89. The number of benzene rings is 1. The summed E-state index contributed by atoms with van der Waals surface area (Å²) >= 11 is 0. The Bertz CT molecular complexity index is 912. The summed E-state index contributed by atoms with van der Waals surface area (Å²) in [5.74, 6) is -0.799. The fraction of sp³-hybridized carbons (Fsp3) is 0.600. The van der Waals surface area contributed by atoms with Crippen molar-refractivity contribution in [2.45, 2.75) is 69.7 Å². The molecule has 2 atom stereocenters. The van der Waals surface area contributed by atoms with E-state index in [1.165, 1.54) is 0 Å². The normalized spacial score (nSPS) is 25.2. The molecule has 0 unspecified atom stereocenters. The Labute approximate surface area is 205 Å². The molecule has 0 aromatic heterocycles. The molecule has 1 aromatic carbocycles. The van der Waals surface area contributed by atoms with Crippen molar-refractivity contribution in [1.82, 2.24) is 15.1 Å². The van der Waals surface area contributed by atoms with Crippen molar-refractivity contribution >= 4 is 23.9 Å². The summed E-state index contributed by atoms with van der Waals surface area (Å²) in [7, 11) is 0. The maximum atomic E-state index is 12.7. The molecule has 190 valence electrons. The SMILES string of the molecule is N[C@H](C(=O)N1CCCC1)C1CCC(NC(=O)C[C@H]2C(=O)OCN2C(=O)OCc2ccccc2)CC1. The zero-order chi connectivity index (χ0) is 24.8. The Morgan fingerprint density at radius 2 is 1.77 bits per heavy atom. The maximum Gasteiger partial charge on any atom is 0.413 e. The van der Waals surface area contributed by atoms with Gasteiger partial charge in [-0.3, -0.25) is 14.5 Å². The van der Waals surface area contributed by atoms with Crippen molar-refractivity contribution in [3.63, 3.8) is 0 Å². The number of nitrogens with one attached hydrogen (secondary N) is 1. The van der Waals surface area contributed by atoms with Crippen LogP contribution in [-0.2, 0) is 30.5 Å². The monoisotopic (exact) mass is 486 g/mol. The lowest BCUT2D eigenvalue weighted by atomic mass is 9.81. The number of amides is 3. The van der Waals surface area contributed by atoms with Crippen LogP contribution in [0.4, 0.5) is 4.79 Å². The van der Waals surface area contributed by atoms with Crippen LogP contribution in [-0.4, -0.2) is 71.6 Å². The quantitative estimate of drug-likeness (QED) is 0.559. The molecule has 0 bridgehead atoms. The van der Waals surface area contributed by atoms with Crippen LogP contribution in [0, 0.1) is 5.92 Å². The molecule has 0 radical (unpaired) electrons. The lowest BCUT2D eigenvalue weighted by molar-refractivity contribution is -0.140. The first-order valence-electron chi connectivity index (χ1n) is 12.4. The number of hydrogen-bond donors (Lipinski definition) is 2. The first-order chi connectivity index (χ1) is 16.9. The third kappa shape index (κ3) is 6.30. The van der Waals surface area contributed by atoms with Crippen LogP contribution in [0.3, 0.4) is 0 Å². The second kappa shape index (κ2) is 11.5. The van der Waals surface area contributed by atoms with E-state index in [1.54, 1.807) is 0 Å². The predicted octanol–water partition coefficient (Wildman–Crippen LogP) is 1.52. The van der Waals surface area contributed by atoms with Crippen LogP contribution in [0.15, 0.2) is 30.3 Å². The van der Waals surface area contributed by atoms with Crippen LogP contribution >= 0.6 is 0 Å². The number of carbonyl (C=O) groups is 4. The highest BCUT2D eigenvalue weighted by Gasteiger charge is 2.41. The van der Waals surface area contributed by atoms with Crippen molar-refractivity contribution in [3.8, 4) is 0 Å². The van der Waals surface area contributed by atoms with Crippen molar-refractivity contribution in [2.75, 3.05) is 19.8 Å². The van der Waals surface area contributed by atoms with Crippen LogP contribution in [0.2, 0.25) is 0 Å². The molecule has 35 heavy (non-hydrogen) atoms. The molecule has 3 aliphatic rings. The average Bonchev–Trinajstić information content (AvgIpc) is 3.53. The van der Waals surface area contributed by atoms with Gasteiger partial charge in [-0.2, -0.15) is 0 Å². The van der Waals surface area contributed by atoms with Gasteiger partial charge in [0.1, 0.15) is 12.6 Å². The molecule has 4 rings (SSSR count). The number of esters is 1. The zero-order valence-corrected chi connectivity index (χ0v) is 19.9. The minimum Gasteiger partial charge on any atom is -0.444 e. The van der Waals surface area contributed by atoms with Crippen LogP contribution in [0.5, 0.6) is 0 Å². The standard InChI is InChI=1S/C25H34N4O6/c26-22(23(31)28-12-4-5-13-28)18-8-10-19(11-9-18)27-21(30)14-20-24(32)35-16-29(20)25(33)34-15-17-6-2-1-3-7-17/h1-3,6-7,18-20,22H,4-5,8-16,26H2,(H,27,30)/t18?,19?,20-,22-/m0/s1. The molecular weight excluding hydrogens is 452 g/mol. The minimum absolute atomic E-state index is 0.0361. The molecule has 3 N–H and O–H groups in total. The molecule has 2 aliphatic heterocycles. The van der Waals surface area contributed by atoms with Gasteiger partial charge in [0.15, 0.2) is 6.73 Å². The van der Waals surface area contributed by atoms with E-state index in [4.69, 9.17) is 15.2 Å². The van der Waals surface area contributed by atoms with E-state index in [0.717, 1.165) is 62.1 Å². The Morgan fingerprint density at radius 3 is 2.46 bits per heavy atom. The van der Waals surface area contributed by atoms with Crippen molar-refractivity contribution in [1.29, 1.82) is 0 Å². The van der Waals surface area contributed by atoms with Gasteiger partial charge < -0.3 is 25.4 Å². The van der Waals surface area contributed by atoms with E-state index < -0.39 is 24.1 Å². The molecule has 0 spiro atoms. The fourth-order valence-corrected chi connectivity index (χ4v) is 5.06. The van der Waals surface area contributed by atoms with Gasteiger partial charge in [0.25, 0.3) is 0 Å². The van der Waals surface area contributed by atoms with Crippen molar-refractivity contribution < 1.29 is 28.7 Å². The van der Waals surface area contributed by atoms with Gasteiger partial charge in [0.2, 0.25) is 11.8 Å². The van der Waals surface area contributed by atoms with Gasteiger partial charge in [-0.15, -0.1) is 0 Å². The molecule has 1 aliphatic carbocycles. The van der Waals surface area contributed by atoms with Crippen LogP contribution < -0.4 is 11.1 Å². The number of nitrogens with zero attached hydrogens (tertiary/aromatic N) is 2. The second-order valence-corrected chi connectivity index (χ2v) is 9.56. The summed E-state index contributed by atoms with van der Waals surface area (Å²) < 4.78 is 10.3. The first-order valence-corrected chi connectivity index (χ1v) is 12.4. The smallest absolute Gasteiger partial charge is 0.413 e. The van der Waals surface area contributed by atoms with Crippen LogP contribution in [0.1, 0.15) is 50.5 Å². The number of ether oxygens (including phenoxy) is 2. The largest absolute Gasteiger partial charge is 0.444 e. The van der Waals surface area contributed by atoms with Gasteiger partial charge in [-0.25, -0.2) is 9.59 Å². The summed E-state index contributed by atoms with van der Waals surface area (Å²) in [6.45, 7) is 1.41. The highest BCUT2D eigenvalue weighted by atomic mass is 16.6. The van der Waals surface area contributed by atoms with E-state index >= 15 is 0 Å². The number of cyclic esters (lactones) is 1. The maximum absolute atomic E-state index is 12.7. The first kappa shape index (κ1) is 25.0. The van der Waals surface area contributed by atoms with Gasteiger partial charge in [0, 0.05) is 19.1 Å². The Kier molecular flexibility index (Phi) is 8.22. The molecule has 2 heterocycles. The van der Waals surface area contributed by atoms with E-state index in [2.05, 4.69) is 5.32 Å². The van der Waals surface area contributed by atoms with E-state index in [-0.39, 0.29) is 43.5 Å². The second-order valence-electron chi connectivity index (χ2n) is 9.56. The summed E-state index contributed by atoms with van der Waals surface area (Å²) in [6.07, 6.45) is 4.14. The lowest BCUT2D eigenvalue weighted by Gasteiger charge is -2.33. The molecule has 3 amide bonds. The molecular formula is C25H34N4O6. The Morgan fingerprint density at radius 1 is 1.09 bits per heavy atom. The highest BCUT2D eigenvalue weighted by Crippen LogP contribution is 2.28. The molecule has 1 aromatic rings. The number of nitrogens with two attached hydrogens (primary N) is 1. The van der Waals surface area contributed by atoms with Gasteiger partial charge >= 0.3 is 12.1 Å². The zero-order valence-electron chi connectivity index (χ0n) is 19.9. The Hall–Kier alpha value is -3.14. The third-order valence-electron chi connectivity index (χ3n) is 7.16.